The fourth-order valence-corrected chi connectivity index (χ4v) is 1.79. The van der Waals surface area contributed by atoms with Crippen LogP contribution in [0.3, 0.4) is 0 Å². The molecule has 1 aromatic carbocycles. The molecule has 1 aliphatic rings. The van der Waals surface area contributed by atoms with Crippen LogP contribution in [0.25, 0.3) is 5.70 Å². The van der Waals surface area contributed by atoms with E-state index in [0.29, 0.717) is 11.3 Å². The largest absolute Gasteiger partial charge is 0.398 e. The van der Waals surface area contributed by atoms with Crippen LogP contribution in [0.1, 0.15) is 15.9 Å². The molecular formula is C12H13N3O. The molecule has 3 N–H and O–H groups in total. The number of anilines is 1. The standard InChI is InChI=1S/C12H13N3O/c1-15(2)7-3-4-8-9(5-7)12(16)10(6-13)11(8)14/h3-6,13H,14H2,1-2H3. The van der Waals surface area contributed by atoms with E-state index in [9.17, 15) is 4.79 Å². The SMILES string of the molecule is CN(C)c1ccc2c(c1)C(=O)C(C=N)=C2N. The number of Topliss-reactive ketones (excluding diaryl/α,β-unsaturated/α-hetero) is 1. The Hall–Kier alpha value is -2.10. The minimum Gasteiger partial charge on any atom is -0.398 e. The topological polar surface area (TPSA) is 70.2 Å². The molecule has 2 rings (SSSR count). The van der Waals surface area contributed by atoms with E-state index in [1.807, 2.05) is 31.1 Å². The van der Waals surface area contributed by atoms with E-state index in [1.54, 1.807) is 6.07 Å². The van der Waals surface area contributed by atoms with Crippen molar-refractivity contribution in [2.24, 2.45) is 5.73 Å². The second-order valence-corrected chi connectivity index (χ2v) is 3.93. The zero-order valence-electron chi connectivity index (χ0n) is 9.24. The lowest BCUT2D eigenvalue weighted by atomic mass is 10.1. The molecule has 0 bridgehead atoms. The Balaban J connectivity index is 2.59. The van der Waals surface area contributed by atoms with E-state index in [4.69, 9.17) is 11.1 Å². The van der Waals surface area contributed by atoms with Gasteiger partial charge in [0.25, 0.3) is 0 Å². The molecule has 0 aliphatic heterocycles. The number of nitrogens with zero attached hydrogens (tertiary/aromatic N) is 1. The third-order valence-corrected chi connectivity index (χ3v) is 2.73. The van der Waals surface area contributed by atoms with Crippen molar-refractivity contribution in [1.82, 2.24) is 0 Å². The molecule has 0 aromatic heterocycles. The van der Waals surface area contributed by atoms with Crippen LogP contribution in [0.5, 0.6) is 0 Å². The van der Waals surface area contributed by atoms with Crippen LogP contribution in [0.4, 0.5) is 5.69 Å². The first-order valence-electron chi connectivity index (χ1n) is 4.93. The monoisotopic (exact) mass is 215 g/mol. The van der Waals surface area contributed by atoms with Gasteiger partial charge in [0, 0.05) is 37.1 Å². The first-order valence-corrected chi connectivity index (χ1v) is 4.93. The van der Waals surface area contributed by atoms with E-state index >= 15 is 0 Å². The highest BCUT2D eigenvalue weighted by atomic mass is 16.1. The highest BCUT2D eigenvalue weighted by Gasteiger charge is 2.26. The summed E-state index contributed by atoms with van der Waals surface area (Å²) in [6.45, 7) is 0. The van der Waals surface area contributed by atoms with Crippen LogP contribution < -0.4 is 10.6 Å². The Morgan fingerprint density at radius 3 is 2.56 bits per heavy atom. The van der Waals surface area contributed by atoms with Crippen LogP contribution in [0.2, 0.25) is 0 Å². The average molecular weight is 215 g/mol. The van der Waals surface area contributed by atoms with Crippen LogP contribution in [-0.2, 0) is 0 Å². The van der Waals surface area contributed by atoms with Gasteiger partial charge in [-0.05, 0) is 12.1 Å². The Bertz CT molecular complexity index is 515. The number of rotatable bonds is 2. The van der Waals surface area contributed by atoms with Gasteiger partial charge in [-0.3, -0.25) is 4.79 Å². The Morgan fingerprint density at radius 1 is 1.31 bits per heavy atom. The number of ketones is 1. The van der Waals surface area contributed by atoms with Crippen molar-refractivity contribution in [2.45, 2.75) is 0 Å². The van der Waals surface area contributed by atoms with Crippen molar-refractivity contribution in [3.8, 4) is 0 Å². The molecule has 82 valence electrons. The van der Waals surface area contributed by atoms with Gasteiger partial charge in [0.1, 0.15) is 0 Å². The quantitative estimate of drug-likeness (QED) is 0.730. The summed E-state index contributed by atoms with van der Waals surface area (Å²) in [5.74, 6) is -0.161. The van der Waals surface area contributed by atoms with E-state index in [0.717, 1.165) is 17.5 Å². The number of nitrogens with one attached hydrogen (secondary N) is 1. The lowest BCUT2D eigenvalue weighted by molar-refractivity contribution is 0.104. The normalized spacial score (nSPS) is 14.0. The van der Waals surface area contributed by atoms with Crippen molar-refractivity contribution in [3.05, 3.63) is 34.9 Å². The number of benzene rings is 1. The van der Waals surface area contributed by atoms with Crippen LogP contribution in [0.15, 0.2) is 23.8 Å². The molecular weight excluding hydrogens is 202 g/mol. The van der Waals surface area contributed by atoms with E-state index in [-0.39, 0.29) is 11.4 Å². The van der Waals surface area contributed by atoms with Gasteiger partial charge in [0.2, 0.25) is 0 Å². The maximum Gasteiger partial charge on any atom is 0.197 e. The van der Waals surface area contributed by atoms with E-state index in [2.05, 4.69) is 0 Å². The van der Waals surface area contributed by atoms with Crippen molar-refractivity contribution in [1.29, 1.82) is 5.41 Å². The highest BCUT2D eigenvalue weighted by Crippen LogP contribution is 2.31. The van der Waals surface area contributed by atoms with Crippen LogP contribution >= 0.6 is 0 Å². The van der Waals surface area contributed by atoms with Gasteiger partial charge in [-0.2, -0.15) is 0 Å². The molecule has 0 heterocycles. The molecule has 16 heavy (non-hydrogen) atoms. The Morgan fingerprint density at radius 2 is 2.00 bits per heavy atom. The van der Waals surface area contributed by atoms with Crippen LogP contribution in [-0.4, -0.2) is 26.1 Å². The summed E-state index contributed by atoms with van der Waals surface area (Å²) in [5.41, 5.74) is 8.76. The molecule has 0 atom stereocenters. The first kappa shape index (κ1) is 10.4. The molecule has 0 spiro atoms. The second-order valence-electron chi connectivity index (χ2n) is 3.93. The summed E-state index contributed by atoms with van der Waals surface area (Å²) < 4.78 is 0. The van der Waals surface area contributed by atoms with Gasteiger partial charge >= 0.3 is 0 Å². The van der Waals surface area contributed by atoms with Gasteiger partial charge in [-0.15, -0.1) is 0 Å². The summed E-state index contributed by atoms with van der Waals surface area (Å²) in [5, 5.41) is 7.18. The molecule has 0 radical (unpaired) electrons. The molecule has 4 heteroatoms. The third kappa shape index (κ3) is 1.31. The van der Waals surface area contributed by atoms with Crippen molar-refractivity contribution in [3.63, 3.8) is 0 Å². The fourth-order valence-electron chi connectivity index (χ4n) is 1.79. The number of hydrogen-bond donors (Lipinski definition) is 2. The lowest BCUT2D eigenvalue weighted by Crippen LogP contribution is -2.09. The number of hydrogen-bond acceptors (Lipinski definition) is 4. The molecule has 0 unspecified atom stereocenters. The number of allylic oxidation sites excluding steroid dienone is 1. The average Bonchev–Trinajstić information content (AvgIpc) is 2.51. The number of fused-ring (bicyclic) bond motifs is 1. The summed E-state index contributed by atoms with van der Waals surface area (Å²) in [6, 6.07) is 5.54. The highest BCUT2D eigenvalue weighted by molar-refractivity contribution is 6.30. The van der Waals surface area contributed by atoms with E-state index in [1.165, 1.54) is 0 Å². The van der Waals surface area contributed by atoms with E-state index < -0.39 is 0 Å². The van der Waals surface area contributed by atoms with Gasteiger partial charge in [-0.25, -0.2) is 0 Å². The smallest absolute Gasteiger partial charge is 0.197 e. The molecule has 0 saturated carbocycles. The van der Waals surface area contributed by atoms with Gasteiger partial charge in [0.05, 0.1) is 11.3 Å². The minimum atomic E-state index is -0.161. The predicted molar refractivity (Wildman–Crippen MR) is 65.0 cm³/mol. The second kappa shape index (κ2) is 3.48. The van der Waals surface area contributed by atoms with Crippen LogP contribution in [0, 0.1) is 5.41 Å². The van der Waals surface area contributed by atoms with Gasteiger partial charge in [-0.1, -0.05) is 6.07 Å². The minimum absolute atomic E-state index is 0.161. The fraction of sp³-hybridized carbons (Fsp3) is 0.167. The zero-order chi connectivity index (χ0) is 11.9. The number of carbonyl (C=O) groups is 1. The number of nitrogens with two attached hydrogens (primary N) is 1. The molecule has 0 amide bonds. The lowest BCUT2D eigenvalue weighted by Gasteiger charge is -2.13. The molecule has 1 aliphatic carbocycles. The number of carbonyl (C=O) groups excluding carboxylic acids is 1. The molecule has 4 nitrogen and oxygen atoms in total. The van der Waals surface area contributed by atoms with Crippen molar-refractivity contribution in [2.75, 3.05) is 19.0 Å². The summed E-state index contributed by atoms with van der Waals surface area (Å²) >= 11 is 0. The molecule has 1 aromatic rings. The summed E-state index contributed by atoms with van der Waals surface area (Å²) in [7, 11) is 3.82. The maximum atomic E-state index is 11.9. The molecule has 0 saturated heterocycles. The third-order valence-electron chi connectivity index (χ3n) is 2.73. The summed E-state index contributed by atoms with van der Waals surface area (Å²) in [4.78, 5) is 13.8. The van der Waals surface area contributed by atoms with Crippen molar-refractivity contribution < 1.29 is 4.79 Å². The molecule has 0 fully saturated rings. The Kier molecular flexibility index (Phi) is 2.27. The zero-order valence-corrected chi connectivity index (χ0v) is 9.24. The van der Waals surface area contributed by atoms with Gasteiger partial charge in [0.15, 0.2) is 5.78 Å². The first-order chi connectivity index (χ1) is 7.56. The van der Waals surface area contributed by atoms with Gasteiger partial charge < -0.3 is 16.0 Å². The summed E-state index contributed by atoms with van der Waals surface area (Å²) in [6.07, 6.45) is 1.02. The predicted octanol–water partition coefficient (Wildman–Crippen LogP) is 1.27. The van der Waals surface area contributed by atoms with Crippen molar-refractivity contribution >= 4 is 23.4 Å². The Labute approximate surface area is 93.9 Å². The maximum absolute atomic E-state index is 11.9.